The average molecular weight is 263 g/mol. The maximum atomic E-state index is 6.08. The fraction of sp³-hybridized carbons (Fsp3) is 0.583. The van der Waals surface area contributed by atoms with Gasteiger partial charge in [0.25, 0.3) is 0 Å². The van der Waals surface area contributed by atoms with E-state index in [-0.39, 0.29) is 0 Å². The molecule has 0 bridgehead atoms. The topological polar surface area (TPSA) is 76.7 Å². The monoisotopic (exact) mass is 263 g/mol. The molecular weight excluding hydrogens is 246 g/mol. The summed E-state index contributed by atoms with van der Waals surface area (Å²) >= 11 is 1.42. The molecule has 18 heavy (non-hydrogen) atoms. The summed E-state index contributed by atoms with van der Waals surface area (Å²) in [6, 6.07) is 0.330. The van der Waals surface area contributed by atoms with E-state index >= 15 is 0 Å². The predicted molar refractivity (Wildman–Crippen MR) is 73.8 cm³/mol. The highest BCUT2D eigenvalue weighted by atomic mass is 32.1. The Bertz CT molecular complexity index is 552. The van der Waals surface area contributed by atoms with Crippen LogP contribution in [0.5, 0.6) is 0 Å². The minimum Gasteiger partial charge on any atom is -0.369 e. The molecule has 3 N–H and O–H groups in total. The zero-order chi connectivity index (χ0) is 12.5. The molecular formula is C12H17N5S. The van der Waals surface area contributed by atoms with Gasteiger partial charge in [-0.1, -0.05) is 6.42 Å². The first-order valence-electron chi connectivity index (χ1n) is 6.32. The normalized spacial score (nSPS) is 23.7. The molecule has 0 saturated heterocycles. The van der Waals surface area contributed by atoms with Gasteiger partial charge in [-0.25, -0.2) is 9.97 Å². The van der Waals surface area contributed by atoms with Crippen molar-refractivity contribution >= 4 is 27.6 Å². The van der Waals surface area contributed by atoms with Crippen LogP contribution in [0.2, 0.25) is 0 Å². The Kier molecular flexibility index (Phi) is 3.13. The standard InChI is InChI=1S/C12H17N5S/c1-7-10-11(15-6-16-12(10)18-17-7)14-5-8-3-2-4-9(8)13/h6,8-9H,2-5,13H2,1H3,(H,14,15,16). The summed E-state index contributed by atoms with van der Waals surface area (Å²) < 4.78 is 4.33. The smallest absolute Gasteiger partial charge is 0.149 e. The van der Waals surface area contributed by atoms with Crippen LogP contribution in [0.1, 0.15) is 25.0 Å². The number of hydrogen-bond donors (Lipinski definition) is 2. The number of nitrogens with one attached hydrogen (secondary N) is 1. The van der Waals surface area contributed by atoms with E-state index in [0.29, 0.717) is 12.0 Å². The molecule has 1 saturated carbocycles. The van der Waals surface area contributed by atoms with Crippen LogP contribution in [0.3, 0.4) is 0 Å². The number of nitrogens with two attached hydrogens (primary N) is 1. The van der Waals surface area contributed by atoms with Gasteiger partial charge in [0.1, 0.15) is 17.0 Å². The summed E-state index contributed by atoms with van der Waals surface area (Å²) in [5, 5.41) is 4.47. The third kappa shape index (κ3) is 2.06. The molecule has 2 aromatic rings. The summed E-state index contributed by atoms with van der Waals surface area (Å²) in [5.74, 6) is 1.45. The Morgan fingerprint density at radius 1 is 1.44 bits per heavy atom. The highest BCUT2D eigenvalue weighted by Gasteiger charge is 2.23. The average Bonchev–Trinajstić information content (AvgIpc) is 2.94. The van der Waals surface area contributed by atoms with Gasteiger partial charge >= 0.3 is 0 Å². The largest absolute Gasteiger partial charge is 0.369 e. The molecule has 0 aliphatic heterocycles. The van der Waals surface area contributed by atoms with Crippen molar-refractivity contribution < 1.29 is 0 Å². The van der Waals surface area contributed by atoms with Crippen molar-refractivity contribution in [3.8, 4) is 0 Å². The van der Waals surface area contributed by atoms with Gasteiger partial charge in [-0.15, -0.1) is 0 Å². The molecule has 0 radical (unpaired) electrons. The zero-order valence-corrected chi connectivity index (χ0v) is 11.2. The second kappa shape index (κ2) is 4.78. The maximum absolute atomic E-state index is 6.08. The second-order valence-corrected chi connectivity index (χ2v) is 5.66. The van der Waals surface area contributed by atoms with Gasteiger partial charge in [0.05, 0.1) is 11.1 Å². The van der Waals surface area contributed by atoms with E-state index in [4.69, 9.17) is 5.73 Å². The van der Waals surface area contributed by atoms with E-state index in [1.54, 1.807) is 6.33 Å². The third-order valence-electron chi connectivity index (χ3n) is 3.69. The molecule has 5 nitrogen and oxygen atoms in total. The van der Waals surface area contributed by atoms with E-state index < -0.39 is 0 Å². The van der Waals surface area contributed by atoms with Crippen LogP contribution < -0.4 is 11.1 Å². The second-order valence-electron chi connectivity index (χ2n) is 4.91. The van der Waals surface area contributed by atoms with Gasteiger partial charge < -0.3 is 11.1 Å². The number of aryl methyl sites for hydroxylation is 1. The zero-order valence-electron chi connectivity index (χ0n) is 10.4. The minimum absolute atomic E-state index is 0.330. The molecule has 0 spiro atoms. The summed E-state index contributed by atoms with van der Waals surface area (Å²) in [4.78, 5) is 9.51. The number of anilines is 1. The number of nitrogens with zero attached hydrogens (tertiary/aromatic N) is 3. The van der Waals surface area contributed by atoms with Gasteiger partial charge in [-0.2, -0.15) is 4.37 Å². The molecule has 0 aromatic carbocycles. The lowest BCUT2D eigenvalue weighted by molar-refractivity contribution is 0.505. The van der Waals surface area contributed by atoms with Gasteiger partial charge in [0.15, 0.2) is 0 Å². The van der Waals surface area contributed by atoms with Gasteiger partial charge in [0, 0.05) is 12.6 Å². The van der Waals surface area contributed by atoms with Crippen molar-refractivity contribution in [1.82, 2.24) is 14.3 Å². The Morgan fingerprint density at radius 2 is 2.33 bits per heavy atom. The summed E-state index contributed by atoms with van der Waals surface area (Å²) in [6.45, 7) is 2.89. The minimum atomic E-state index is 0.330. The molecule has 6 heteroatoms. The van der Waals surface area contributed by atoms with E-state index in [1.807, 2.05) is 6.92 Å². The van der Waals surface area contributed by atoms with E-state index in [2.05, 4.69) is 19.7 Å². The van der Waals surface area contributed by atoms with Gasteiger partial charge in [-0.05, 0) is 37.2 Å². The fourth-order valence-corrected chi connectivity index (χ4v) is 3.35. The Balaban J connectivity index is 1.80. The molecule has 2 atom stereocenters. The maximum Gasteiger partial charge on any atom is 0.149 e. The van der Waals surface area contributed by atoms with Crippen molar-refractivity contribution in [3.63, 3.8) is 0 Å². The lowest BCUT2D eigenvalue weighted by atomic mass is 10.0. The lowest BCUT2D eigenvalue weighted by Crippen LogP contribution is -2.29. The Hall–Kier alpha value is -1.27. The third-order valence-corrected chi connectivity index (χ3v) is 4.54. The molecule has 1 aliphatic rings. The first kappa shape index (κ1) is 11.8. The molecule has 0 amide bonds. The molecule has 2 unspecified atom stereocenters. The number of rotatable bonds is 3. The van der Waals surface area contributed by atoms with Crippen molar-refractivity contribution in [2.45, 2.75) is 32.2 Å². The van der Waals surface area contributed by atoms with Crippen molar-refractivity contribution in [2.24, 2.45) is 11.7 Å². The van der Waals surface area contributed by atoms with E-state index in [1.165, 1.54) is 24.4 Å². The van der Waals surface area contributed by atoms with Gasteiger partial charge in [-0.3, -0.25) is 0 Å². The summed E-state index contributed by atoms with van der Waals surface area (Å²) in [5.41, 5.74) is 7.08. The number of fused-ring (bicyclic) bond motifs is 1. The highest BCUT2D eigenvalue weighted by molar-refractivity contribution is 7.13. The van der Waals surface area contributed by atoms with E-state index in [0.717, 1.165) is 34.7 Å². The molecule has 2 heterocycles. The van der Waals surface area contributed by atoms with Gasteiger partial charge in [0.2, 0.25) is 0 Å². The van der Waals surface area contributed by atoms with Crippen LogP contribution in [0.15, 0.2) is 6.33 Å². The lowest BCUT2D eigenvalue weighted by Gasteiger charge is -2.16. The number of hydrogen-bond acceptors (Lipinski definition) is 6. The summed E-state index contributed by atoms with van der Waals surface area (Å²) in [7, 11) is 0. The van der Waals surface area contributed by atoms with Crippen molar-refractivity contribution in [3.05, 3.63) is 12.0 Å². The first-order valence-corrected chi connectivity index (χ1v) is 7.09. The van der Waals surface area contributed by atoms with Crippen molar-refractivity contribution in [2.75, 3.05) is 11.9 Å². The van der Waals surface area contributed by atoms with E-state index in [9.17, 15) is 0 Å². The molecule has 3 rings (SSSR count). The van der Waals surface area contributed by atoms with Crippen LogP contribution in [0, 0.1) is 12.8 Å². The van der Waals surface area contributed by atoms with Crippen LogP contribution in [-0.2, 0) is 0 Å². The Morgan fingerprint density at radius 3 is 3.11 bits per heavy atom. The quantitative estimate of drug-likeness (QED) is 0.885. The van der Waals surface area contributed by atoms with Crippen LogP contribution in [0.4, 0.5) is 5.82 Å². The first-order chi connectivity index (χ1) is 8.75. The highest BCUT2D eigenvalue weighted by Crippen LogP contribution is 2.28. The fourth-order valence-electron chi connectivity index (χ4n) is 2.60. The predicted octanol–water partition coefficient (Wildman–Crippen LogP) is 1.93. The van der Waals surface area contributed by atoms with Crippen LogP contribution >= 0.6 is 11.5 Å². The molecule has 96 valence electrons. The summed E-state index contributed by atoms with van der Waals surface area (Å²) in [6.07, 6.45) is 5.19. The molecule has 1 fully saturated rings. The molecule has 2 aromatic heterocycles. The van der Waals surface area contributed by atoms with Crippen molar-refractivity contribution in [1.29, 1.82) is 0 Å². The van der Waals surface area contributed by atoms with Crippen LogP contribution in [-0.4, -0.2) is 26.9 Å². The number of aromatic nitrogens is 3. The van der Waals surface area contributed by atoms with Crippen LogP contribution in [0.25, 0.3) is 10.2 Å². The Labute approximate surface area is 110 Å². The molecule has 1 aliphatic carbocycles. The SMILES string of the molecule is Cc1nsc2ncnc(NCC3CCCC3N)c12.